The molecule has 3 aromatic rings. The summed E-state index contributed by atoms with van der Waals surface area (Å²) in [5.74, 6) is -1.74. The first-order valence-corrected chi connectivity index (χ1v) is 10.2. The predicted octanol–water partition coefficient (Wildman–Crippen LogP) is 5.07. The van der Waals surface area contributed by atoms with E-state index in [0.29, 0.717) is 5.56 Å². The summed E-state index contributed by atoms with van der Waals surface area (Å²) >= 11 is 0. The smallest absolute Gasteiger partial charge is 0.416 e. The molecule has 2 aromatic carbocycles. The van der Waals surface area contributed by atoms with Gasteiger partial charge >= 0.3 is 6.18 Å². The summed E-state index contributed by atoms with van der Waals surface area (Å²) in [5.41, 5.74) is -0.223. The summed E-state index contributed by atoms with van der Waals surface area (Å²) in [4.78, 5) is 17.9. The van der Waals surface area contributed by atoms with Crippen LogP contribution in [0, 0.1) is 11.6 Å². The average molecular weight is 465 g/mol. The molecule has 4 rings (SSSR count). The molecule has 1 saturated carbocycles. The van der Waals surface area contributed by atoms with Crippen molar-refractivity contribution in [1.82, 2.24) is 15.2 Å². The van der Waals surface area contributed by atoms with Crippen LogP contribution >= 0.6 is 0 Å². The summed E-state index contributed by atoms with van der Waals surface area (Å²) in [7, 11) is 0. The van der Waals surface area contributed by atoms with E-state index >= 15 is 0 Å². The molecule has 1 amide bonds. The highest BCUT2D eigenvalue weighted by atomic mass is 19.4. The van der Waals surface area contributed by atoms with E-state index in [4.69, 9.17) is 4.42 Å². The zero-order valence-corrected chi connectivity index (χ0v) is 17.3. The topological polar surface area (TPSA) is 58.4 Å². The third-order valence-corrected chi connectivity index (χ3v) is 5.13. The van der Waals surface area contributed by atoms with Crippen LogP contribution in [-0.2, 0) is 25.8 Å². The van der Waals surface area contributed by atoms with Crippen LogP contribution in [0.4, 0.5) is 22.0 Å². The number of benzene rings is 2. The van der Waals surface area contributed by atoms with Gasteiger partial charge in [-0.15, -0.1) is 0 Å². The summed E-state index contributed by atoms with van der Waals surface area (Å²) in [6, 6.07) is 8.04. The quantitative estimate of drug-likeness (QED) is 0.472. The Kier molecular flexibility index (Phi) is 6.46. The van der Waals surface area contributed by atoms with Crippen LogP contribution in [0.3, 0.4) is 0 Å². The second kappa shape index (κ2) is 9.30. The number of oxazole rings is 1. The minimum Gasteiger partial charge on any atom is -0.447 e. The van der Waals surface area contributed by atoms with Gasteiger partial charge in [-0.3, -0.25) is 9.69 Å². The lowest BCUT2D eigenvalue weighted by molar-refractivity contribution is -0.137. The second-order valence-electron chi connectivity index (χ2n) is 7.95. The standard InChI is InChI=1S/C23H20F5N3O2/c24-17-5-4-15(19(25)9-17)11-31(10-14-2-1-3-16(8-14)23(26,27)28)12-21-30-20(13-33-21)22(32)29-18-6-7-18/h1-5,8-9,13,18H,6-7,10-12H2,(H,29,32). The van der Waals surface area contributed by atoms with E-state index in [1.165, 1.54) is 24.5 Å². The molecule has 1 fully saturated rings. The fourth-order valence-corrected chi connectivity index (χ4v) is 3.33. The van der Waals surface area contributed by atoms with Crippen LogP contribution in [0.2, 0.25) is 0 Å². The zero-order chi connectivity index (χ0) is 23.6. The summed E-state index contributed by atoms with van der Waals surface area (Å²) in [5, 5.41) is 2.78. The van der Waals surface area contributed by atoms with Gasteiger partial charge in [0.15, 0.2) is 5.69 Å². The van der Waals surface area contributed by atoms with Gasteiger partial charge in [0, 0.05) is 30.8 Å². The minimum absolute atomic E-state index is 0.00667. The van der Waals surface area contributed by atoms with E-state index in [9.17, 15) is 26.7 Å². The first kappa shape index (κ1) is 22.9. The molecule has 33 heavy (non-hydrogen) atoms. The molecule has 0 atom stereocenters. The van der Waals surface area contributed by atoms with Gasteiger partial charge in [-0.2, -0.15) is 13.2 Å². The fourth-order valence-electron chi connectivity index (χ4n) is 3.33. The van der Waals surface area contributed by atoms with Crippen molar-refractivity contribution in [2.45, 2.75) is 44.7 Å². The number of alkyl halides is 3. The normalized spacial score (nSPS) is 14.0. The third-order valence-electron chi connectivity index (χ3n) is 5.13. The zero-order valence-electron chi connectivity index (χ0n) is 17.3. The Bertz CT molecular complexity index is 1140. The molecule has 0 radical (unpaired) electrons. The lowest BCUT2D eigenvalue weighted by Gasteiger charge is -2.22. The molecule has 1 heterocycles. The molecule has 0 saturated heterocycles. The second-order valence-corrected chi connectivity index (χ2v) is 7.95. The van der Waals surface area contributed by atoms with Gasteiger partial charge in [0.1, 0.15) is 17.9 Å². The van der Waals surface area contributed by atoms with E-state index in [2.05, 4.69) is 10.3 Å². The van der Waals surface area contributed by atoms with Crippen molar-refractivity contribution in [2.24, 2.45) is 0 Å². The summed E-state index contributed by atoms with van der Waals surface area (Å²) in [6.07, 6.45) is -1.49. The van der Waals surface area contributed by atoms with Crippen LogP contribution in [0.1, 0.15) is 45.9 Å². The first-order valence-electron chi connectivity index (χ1n) is 10.2. The monoisotopic (exact) mass is 465 g/mol. The van der Waals surface area contributed by atoms with E-state index in [-0.39, 0.29) is 48.7 Å². The number of nitrogens with zero attached hydrogens (tertiary/aromatic N) is 2. The van der Waals surface area contributed by atoms with Gasteiger partial charge in [0.2, 0.25) is 5.89 Å². The van der Waals surface area contributed by atoms with Crippen LogP contribution in [-0.4, -0.2) is 21.8 Å². The van der Waals surface area contributed by atoms with Crippen molar-refractivity contribution in [2.75, 3.05) is 0 Å². The number of nitrogens with one attached hydrogen (secondary N) is 1. The van der Waals surface area contributed by atoms with Crippen LogP contribution in [0.15, 0.2) is 53.1 Å². The summed E-state index contributed by atoms with van der Waals surface area (Å²) < 4.78 is 72.2. The van der Waals surface area contributed by atoms with Crippen molar-refractivity contribution in [3.63, 3.8) is 0 Å². The minimum atomic E-state index is -4.50. The highest BCUT2D eigenvalue weighted by molar-refractivity contribution is 5.92. The Balaban J connectivity index is 1.54. The molecular formula is C23H20F5N3O2. The van der Waals surface area contributed by atoms with Crippen molar-refractivity contribution in [3.8, 4) is 0 Å². The lowest BCUT2D eigenvalue weighted by atomic mass is 10.1. The molecule has 174 valence electrons. The maximum Gasteiger partial charge on any atom is 0.416 e. The van der Waals surface area contributed by atoms with Gasteiger partial charge in [-0.1, -0.05) is 24.3 Å². The molecule has 5 nitrogen and oxygen atoms in total. The number of amides is 1. The largest absolute Gasteiger partial charge is 0.447 e. The van der Waals surface area contributed by atoms with Crippen molar-refractivity contribution in [1.29, 1.82) is 0 Å². The number of rotatable bonds is 8. The van der Waals surface area contributed by atoms with E-state index < -0.39 is 23.4 Å². The molecule has 0 spiro atoms. The SMILES string of the molecule is O=C(NC1CC1)c1coc(CN(Cc2cccc(C(F)(F)F)c2)Cc2ccc(F)cc2F)n1. The number of aromatic nitrogens is 1. The Hall–Kier alpha value is -3.27. The Labute approximate surface area is 186 Å². The molecule has 1 aliphatic carbocycles. The number of carbonyl (C=O) groups excluding carboxylic acids is 1. The van der Waals surface area contributed by atoms with Crippen LogP contribution < -0.4 is 5.32 Å². The van der Waals surface area contributed by atoms with E-state index in [1.807, 2.05) is 0 Å². The number of carbonyl (C=O) groups is 1. The molecule has 10 heteroatoms. The van der Waals surface area contributed by atoms with Crippen LogP contribution in [0.5, 0.6) is 0 Å². The van der Waals surface area contributed by atoms with Crippen molar-refractivity contribution < 1.29 is 31.2 Å². The van der Waals surface area contributed by atoms with E-state index in [0.717, 1.165) is 37.1 Å². The maximum atomic E-state index is 14.2. The molecule has 0 unspecified atom stereocenters. The highest BCUT2D eigenvalue weighted by Gasteiger charge is 2.30. The van der Waals surface area contributed by atoms with Gasteiger partial charge < -0.3 is 9.73 Å². The van der Waals surface area contributed by atoms with Gasteiger partial charge in [0.25, 0.3) is 5.91 Å². The summed E-state index contributed by atoms with van der Waals surface area (Å²) in [6.45, 7) is -0.0508. The Morgan fingerprint density at radius 2 is 1.88 bits per heavy atom. The van der Waals surface area contributed by atoms with Crippen molar-refractivity contribution in [3.05, 3.63) is 88.6 Å². The van der Waals surface area contributed by atoms with E-state index in [1.54, 1.807) is 4.90 Å². The molecule has 1 aromatic heterocycles. The Morgan fingerprint density at radius 1 is 1.09 bits per heavy atom. The Morgan fingerprint density at radius 3 is 2.58 bits per heavy atom. The fraction of sp³-hybridized carbons (Fsp3) is 0.304. The predicted molar refractivity (Wildman–Crippen MR) is 108 cm³/mol. The number of hydrogen-bond acceptors (Lipinski definition) is 4. The van der Waals surface area contributed by atoms with Gasteiger partial charge in [0.05, 0.1) is 12.1 Å². The van der Waals surface area contributed by atoms with Gasteiger partial charge in [-0.25, -0.2) is 13.8 Å². The molecule has 1 aliphatic rings. The van der Waals surface area contributed by atoms with Gasteiger partial charge in [-0.05, 0) is 30.5 Å². The van der Waals surface area contributed by atoms with Crippen molar-refractivity contribution >= 4 is 5.91 Å². The average Bonchev–Trinajstić information content (AvgIpc) is 3.44. The molecule has 0 bridgehead atoms. The molecular weight excluding hydrogens is 445 g/mol. The molecule has 1 N–H and O–H groups in total. The number of halogens is 5. The third kappa shape index (κ3) is 6.16. The molecule has 0 aliphatic heterocycles. The van der Waals surface area contributed by atoms with Crippen LogP contribution in [0.25, 0.3) is 0 Å². The number of hydrogen-bond donors (Lipinski definition) is 1. The lowest BCUT2D eigenvalue weighted by Crippen LogP contribution is -2.26. The first-order chi connectivity index (χ1) is 15.7. The maximum absolute atomic E-state index is 14.2. The highest BCUT2D eigenvalue weighted by Crippen LogP contribution is 2.30.